The molecule has 1 aliphatic heterocycles. The van der Waals surface area contributed by atoms with Crippen LogP contribution in [-0.4, -0.2) is 56.2 Å². The van der Waals surface area contributed by atoms with E-state index in [1.54, 1.807) is 26.2 Å². The van der Waals surface area contributed by atoms with E-state index in [-0.39, 0.29) is 13.2 Å². The molecule has 0 radical (unpaired) electrons. The molecular weight excluding hydrogens is 688 g/mol. The lowest BCUT2D eigenvalue weighted by Gasteiger charge is -2.51. The number of benzene rings is 2. The standard InChI is InChI=1S/C41H49ClO10/c1-7-8-29-11-14-33(39(46-6)35-30-16-27-15-28(18-30)19-31(35)17-27)36(42)38(29)48-20-26-9-12-32(13-10-26)51-41-40(50-25(5)45)37(49-24(4)44)22(2)34(52-41)21-47-23(3)43/h7-14,22,27-28,30-31,34,37,40-41H,15-21H2,1-6H3/b8-7+,39-35?/t22-,27?,28?,30?,31?,34+,37-,40?,41+/m0/s1. The van der Waals surface area contributed by atoms with E-state index in [2.05, 4.69) is 0 Å². The zero-order chi connectivity index (χ0) is 37.1. The van der Waals surface area contributed by atoms with E-state index in [1.165, 1.54) is 58.4 Å². The smallest absolute Gasteiger partial charge is 0.303 e. The van der Waals surface area contributed by atoms with Crippen molar-refractivity contribution in [1.82, 2.24) is 0 Å². The number of rotatable bonds is 12. The number of hydrogen-bond acceptors (Lipinski definition) is 10. The van der Waals surface area contributed by atoms with Crippen molar-refractivity contribution in [2.45, 2.75) is 97.9 Å². The van der Waals surface area contributed by atoms with Gasteiger partial charge in [0.05, 0.1) is 12.1 Å². The third-order valence-corrected chi connectivity index (χ3v) is 11.2. The molecule has 1 heterocycles. The molecule has 0 N–H and O–H groups in total. The first kappa shape index (κ1) is 37.7. The molecule has 0 amide bonds. The van der Waals surface area contributed by atoms with Crippen molar-refractivity contribution in [3.8, 4) is 11.5 Å². The highest BCUT2D eigenvalue weighted by atomic mass is 35.5. The van der Waals surface area contributed by atoms with E-state index in [4.69, 9.17) is 44.8 Å². The molecule has 5 atom stereocenters. The van der Waals surface area contributed by atoms with Gasteiger partial charge in [0.2, 0.25) is 12.4 Å². The van der Waals surface area contributed by atoms with Crippen molar-refractivity contribution < 1.29 is 47.5 Å². The molecule has 4 bridgehead atoms. The van der Waals surface area contributed by atoms with E-state index >= 15 is 0 Å². The fourth-order valence-electron chi connectivity index (χ4n) is 8.81. The van der Waals surface area contributed by atoms with E-state index in [0.717, 1.165) is 34.3 Å². The number of carbonyl (C=O) groups excluding carboxylic acids is 3. The zero-order valence-electron chi connectivity index (χ0n) is 30.7. The Morgan fingerprint density at radius 3 is 2.08 bits per heavy atom. The molecule has 5 fully saturated rings. The van der Waals surface area contributed by atoms with Crippen molar-refractivity contribution in [2.24, 2.45) is 29.6 Å². The molecule has 7 rings (SSSR count). The van der Waals surface area contributed by atoms with Gasteiger partial charge in [0.25, 0.3) is 0 Å². The zero-order valence-corrected chi connectivity index (χ0v) is 31.5. The van der Waals surface area contributed by atoms with Crippen LogP contribution in [0.15, 0.2) is 48.0 Å². The van der Waals surface area contributed by atoms with Crippen molar-refractivity contribution in [1.29, 1.82) is 0 Å². The molecule has 4 aliphatic carbocycles. The van der Waals surface area contributed by atoms with Crippen molar-refractivity contribution >= 4 is 41.3 Å². The topological polar surface area (TPSA) is 116 Å². The minimum absolute atomic E-state index is 0.0960. The first-order valence-electron chi connectivity index (χ1n) is 18.2. The highest BCUT2D eigenvalue weighted by Crippen LogP contribution is 2.58. The fourth-order valence-corrected chi connectivity index (χ4v) is 9.12. The van der Waals surface area contributed by atoms with Crippen LogP contribution in [0.5, 0.6) is 11.5 Å². The van der Waals surface area contributed by atoms with E-state index < -0.39 is 48.4 Å². The van der Waals surface area contributed by atoms with E-state index in [1.807, 2.05) is 43.3 Å². The lowest BCUT2D eigenvalue weighted by atomic mass is 9.54. The molecule has 11 heteroatoms. The Morgan fingerprint density at radius 1 is 0.865 bits per heavy atom. The van der Waals surface area contributed by atoms with Crippen LogP contribution in [0.3, 0.4) is 0 Å². The predicted molar refractivity (Wildman–Crippen MR) is 194 cm³/mol. The SMILES string of the molecule is C/C=C/c1ccc(C(OC)=C2C3CC4CC(C3)CC2C4)c(Cl)c1OCc1ccc(O[C@@H]2O[C@H](COC(C)=O)[C@H](C)[C@H](OC(C)=O)C2OC(C)=O)cc1. The van der Waals surface area contributed by atoms with E-state index in [0.29, 0.717) is 28.4 Å². The Balaban J connectivity index is 1.20. The van der Waals surface area contributed by atoms with Crippen LogP contribution in [0.1, 0.15) is 83.4 Å². The lowest BCUT2D eigenvalue weighted by molar-refractivity contribution is -0.271. The molecule has 52 heavy (non-hydrogen) atoms. The minimum atomic E-state index is -1.16. The van der Waals surface area contributed by atoms with Gasteiger partial charge in [-0.05, 0) is 92.0 Å². The summed E-state index contributed by atoms with van der Waals surface area (Å²) in [7, 11) is 1.75. The number of allylic oxidation sites excluding steroid dienone is 2. The van der Waals surface area contributed by atoms with Gasteiger partial charge in [-0.2, -0.15) is 0 Å². The van der Waals surface area contributed by atoms with Gasteiger partial charge in [0.1, 0.15) is 42.7 Å². The summed E-state index contributed by atoms with van der Waals surface area (Å²) in [6.45, 7) is 7.68. The summed E-state index contributed by atoms with van der Waals surface area (Å²) in [4.78, 5) is 35.7. The largest absolute Gasteiger partial charge is 0.496 e. The molecule has 4 saturated carbocycles. The van der Waals surface area contributed by atoms with Crippen LogP contribution >= 0.6 is 11.6 Å². The second-order valence-corrected chi connectivity index (χ2v) is 14.9. The minimum Gasteiger partial charge on any atom is -0.496 e. The normalized spacial score (nSPS) is 29.1. The number of halogens is 1. The number of methoxy groups -OCH3 is 1. The van der Waals surface area contributed by atoms with Crippen LogP contribution in [0.2, 0.25) is 5.02 Å². The summed E-state index contributed by atoms with van der Waals surface area (Å²) in [5.74, 6) is 2.57. The Hall–Kier alpha value is -4.02. The van der Waals surface area contributed by atoms with Gasteiger partial charge >= 0.3 is 17.9 Å². The maximum absolute atomic E-state index is 12.1. The highest BCUT2D eigenvalue weighted by Gasteiger charge is 2.50. The van der Waals surface area contributed by atoms with Gasteiger partial charge in [-0.1, -0.05) is 48.9 Å². The predicted octanol–water partition coefficient (Wildman–Crippen LogP) is 7.93. The van der Waals surface area contributed by atoms with Gasteiger partial charge in [0.15, 0.2) is 0 Å². The molecule has 280 valence electrons. The van der Waals surface area contributed by atoms with Crippen LogP contribution in [0.25, 0.3) is 11.8 Å². The average Bonchev–Trinajstić information content (AvgIpc) is 3.09. The number of esters is 3. The second-order valence-electron chi connectivity index (χ2n) is 14.5. The summed E-state index contributed by atoms with van der Waals surface area (Å²) in [5, 5.41) is 0.527. The van der Waals surface area contributed by atoms with Crippen LogP contribution in [-0.2, 0) is 44.7 Å². The summed E-state index contributed by atoms with van der Waals surface area (Å²) in [6.07, 6.45) is 6.45. The first-order valence-corrected chi connectivity index (χ1v) is 18.6. The maximum Gasteiger partial charge on any atom is 0.303 e. The number of hydrogen-bond donors (Lipinski definition) is 0. The van der Waals surface area contributed by atoms with Crippen LogP contribution < -0.4 is 9.47 Å². The summed E-state index contributed by atoms with van der Waals surface area (Å²) < 4.78 is 41.3. The van der Waals surface area contributed by atoms with Crippen molar-refractivity contribution in [2.75, 3.05) is 13.7 Å². The number of carbonyl (C=O) groups is 3. The quantitative estimate of drug-likeness (QED) is 0.121. The Labute approximate surface area is 310 Å². The molecule has 2 aromatic rings. The summed E-state index contributed by atoms with van der Waals surface area (Å²) >= 11 is 7.19. The molecule has 0 aromatic heterocycles. The van der Waals surface area contributed by atoms with Gasteiger partial charge in [-0.15, -0.1) is 0 Å². The molecule has 10 nitrogen and oxygen atoms in total. The summed E-state index contributed by atoms with van der Waals surface area (Å²) in [5.41, 5.74) is 4.02. The van der Waals surface area contributed by atoms with Gasteiger partial charge < -0.3 is 33.2 Å². The van der Waals surface area contributed by atoms with Crippen LogP contribution in [0, 0.1) is 29.6 Å². The molecule has 2 aromatic carbocycles. The summed E-state index contributed by atoms with van der Waals surface area (Å²) in [6, 6.07) is 11.3. The Morgan fingerprint density at radius 2 is 1.50 bits per heavy atom. The van der Waals surface area contributed by atoms with Gasteiger partial charge in [-0.25, -0.2) is 0 Å². The average molecular weight is 737 g/mol. The molecule has 5 aliphatic rings. The number of ether oxygens (including phenoxy) is 7. The second kappa shape index (κ2) is 16.3. The van der Waals surface area contributed by atoms with Crippen LogP contribution in [0.4, 0.5) is 0 Å². The monoisotopic (exact) mass is 736 g/mol. The van der Waals surface area contributed by atoms with Gasteiger partial charge in [-0.3, -0.25) is 14.4 Å². The third-order valence-electron chi connectivity index (χ3n) is 10.8. The van der Waals surface area contributed by atoms with Gasteiger partial charge in [0, 0.05) is 37.8 Å². The highest BCUT2D eigenvalue weighted by molar-refractivity contribution is 6.34. The lowest BCUT2D eigenvalue weighted by Crippen LogP contribution is -2.59. The molecule has 0 spiro atoms. The maximum atomic E-state index is 12.1. The fraction of sp³-hybridized carbons (Fsp3) is 0.537. The molecule has 1 saturated heterocycles. The third kappa shape index (κ3) is 8.28. The molecular formula is C41H49ClO10. The van der Waals surface area contributed by atoms with Crippen molar-refractivity contribution in [3.63, 3.8) is 0 Å². The van der Waals surface area contributed by atoms with Crippen molar-refractivity contribution in [3.05, 3.63) is 69.8 Å². The Bertz CT molecular complexity index is 1670. The molecule has 1 unspecified atom stereocenters. The van der Waals surface area contributed by atoms with E-state index in [9.17, 15) is 14.4 Å². The first-order chi connectivity index (χ1) is 24.9. The Kier molecular flexibility index (Phi) is 11.9.